The van der Waals surface area contributed by atoms with E-state index in [1.165, 1.54) is 6.08 Å². The Morgan fingerprint density at radius 2 is 2.04 bits per heavy atom. The van der Waals surface area contributed by atoms with Crippen LogP contribution in [0.3, 0.4) is 0 Å². The number of amides is 1. The molecule has 0 aliphatic carbocycles. The van der Waals surface area contributed by atoms with Crippen molar-refractivity contribution in [2.24, 2.45) is 0 Å². The Balaban J connectivity index is 2.20. The lowest BCUT2D eigenvalue weighted by molar-refractivity contribution is -0.117. The van der Waals surface area contributed by atoms with Gasteiger partial charge in [0.15, 0.2) is 0 Å². The smallest absolute Gasteiger partial charge is 0.262 e. The van der Waals surface area contributed by atoms with Gasteiger partial charge in [0.05, 0.1) is 11.7 Å². The van der Waals surface area contributed by atoms with Gasteiger partial charge >= 0.3 is 0 Å². The summed E-state index contributed by atoms with van der Waals surface area (Å²) in [6.07, 6.45) is 3.16. The van der Waals surface area contributed by atoms with Crippen molar-refractivity contribution in [1.29, 1.82) is 5.26 Å². The fraction of sp³-hybridized carbons (Fsp3) is 0.211. The molecule has 5 heteroatoms. The second kappa shape index (κ2) is 8.69. The van der Waals surface area contributed by atoms with Crippen LogP contribution in [0.4, 0.5) is 0 Å². The fourth-order valence-electron chi connectivity index (χ4n) is 2.38. The van der Waals surface area contributed by atoms with Crippen molar-refractivity contribution in [2.45, 2.75) is 25.8 Å². The zero-order valence-electron chi connectivity index (χ0n) is 13.6. The van der Waals surface area contributed by atoms with Gasteiger partial charge in [-0.2, -0.15) is 5.26 Å². The van der Waals surface area contributed by atoms with E-state index >= 15 is 0 Å². The molecule has 4 nitrogen and oxygen atoms in total. The average Bonchev–Trinajstić information content (AvgIpc) is 2.60. The molecular formula is C19H18BN3O. The molecule has 1 aromatic heterocycles. The van der Waals surface area contributed by atoms with Gasteiger partial charge in [-0.1, -0.05) is 55.8 Å². The molecule has 0 aliphatic rings. The molecule has 1 atom stereocenters. The molecule has 0 aliphatic heterocycles. The van der Waals surface area contributed by atoms with Gasteiger partial charge in [0.25, 0.3) is 5.91 Å². The van der Waals surface area contributed by atoms with E-state index in [-0.39, 0.29) is 11.6 Å². The highest BCUT2D eigenvalue weighted by atomic mass is 16.1. The van der Waals surface area contributed by atoms with Crippen molar-refractivity contribution in [1.82, 2.24) is 10.3 Å². The number of nitriles is 1. The molecule has 0 saturated heterocycles. The first kappa shape index (κ1) is 17.5. The van der Waals surface area contributed by atoms with Crippen LogP contribution in [0.25, 0.3) is 6.08 Å². The van der Waals surface area contributed by atoms with Gasteiger partial charge in [-0.25, -0.2) is 0 Å². The van der Waals surface area contributed by atoms with Crippen molar-refractivity contribution in [3.63, 3.8) is 0 Å². The van der Waals surface area contributed by atoms with E-state index in [0.717, 1.165) is 18.4 Å². The lowest BCUT2D eigenvalue weighted by Gasteiger charge is -2.18. The monoisotopic (exact) mass is 315 g/mol. The molecule has 2 radical (unpaired) electrons. The van der Waals surface area contributed by atoms with Crippen molar-refractivity contribution in [2.75, 3.05) is 0 Å². The van der Waals surface area contributed by atoms with Crippen LogP contribution in [-0.2, 0) is 4.79 Å². The number of carbonyl (C=O) groups excluding carboxylic acids is 1. The summed E-state index contributed by atoms with van der Waals surface area (Å²) in [7, 11) is 5.62. The average molecular weight is 315 g/mol. The number of rotatable bonds is 6. The predicted molar refractivity (Wildman–Crippen MR) is 95.4 cm³/mol. The molecule has 1 heterocycles. The molecule has 24 heavy (non-hydrogen) atoms. The standard InChI is InChI=1S/C19H18BN3O/c1-2-7-17(14-8-4-3-5-9-14)23-19(24)15(13-21)12-16-10-6-11-18(20)22-16/h3-6,8-12,17H,2,7H2,1H3,(H,23,24)/b15-12+/t17-/m0/s1. The number of nitrogens with zero attached hydrogens (tertiary/aromatic N) is 2. The number of nitrogens with one attached hydrogen (secondary N) is 1. The van der Waals surface area contributed by atoms with Gasteiger partial charge < -0.3 is 5.32 Å². The summed E-state index contributed by atoms with van der Waals surface area (Å²) in [6.45, 7) is 2.06. The predicted octanol–water partition coefficient (Wildman–Crippen LogP) is 2.44. The number of pyridine rings is 1. The zero-order valence-corrected chi connectivity index (χ0v) is 13.6. The minimum atomic E-state index is -0.413. The molecule has 1 N–H and O–H groups in total. The van der Waals surface area contributed by atoms with Gasteiger partial charge in [-0.3, -0.25) is 9.78 Å². The maximum Gasteiger partial charge on any atom is 0.262 e. The van der Waals surface area contributed by atoms with Crippen LogP contribution < -0.4 is 10.9 Å². The van der Waals surface area contributed by atoms with E-state index < -0.39 is 5.91 Å². The third-order valence-corrected chi connectivity index (χ3v) is 3.53. The van der Waals surface area contributed by atoms with E-state index in [1.807, 2.05) is 36.4 Å². The van der Waals surface area contributed by atoms with Crippen LogP contribution in [0.1, 0.15) is 37.1 Å². The van der Waals surface area contributed by atoms with Gasteiger partial charge in [0.2, 0.25) is 0 Å². The Kier molecular flexibility index (Phi) is 6.33. The van der Waals surface area contributed by atoms with Gasteiger partial charge in [-0.05, 0) is 29.7 Å². The molecular weight excluding hydrogens is 297 g/mol. The van der Waals surface area contributed by atoms with Crippen LogP contribution >= 0.6 is 0 Å². The summed E-state index contributed by atoms with van der Waals surface area (Å²) >= 11 is 0. The molecule has 0 fully saturated rings. The summed E-state index contributed by atoms with van der Waals surface area (Å²) in [5, 5.41) is 12.2. The maximum atomic E-state index is 12.5. The van der Waals surface area contributed by atoms with E-state index in [9.17, 15) is 10.1 Å². The molecule has 0 bridgehead atoms. The minimum Gasteiger partial charge on any atom is -0.345 e. The van der Waals surface area contributed by atoms with Crippen LogP contribution in [0.15, 0.2) is 54.1 Å². The molecule has 1 amide bonds. The van der Waals surface area contributed by atoms with Crippen molar-refractivity contribution in [3.8, 4) is 6.07 Å². The first-order chi connectivity index (χ1) is 11.6. The Bertz CT molecular complexity index is 766. The van der Waals surface area contributed by atoms with Crippen LogP contribution in [-0.4, -0.2) is 18.7 Å². The quantitative estimate of drug-likeness (QED) is 0.506. The fourth-order valence-corrected chi connectivity index (χ4v) is 2.38. The van der Waals surface area contributed by atoms with E-state index in [0.29, 0.717) is 11.3 Å². The molecule has 0 saturated carbocycles. The third kappa shape index (κ3) is 4.82. The summed E-state index contributed by atoms with van der Waals surface area (Å²) < 4.78 is 0. The number of hydrogen-bond donors (Lipinski definition) is 1. The SMILES string of the molecule is [B]c1cccc(/C=C(\C#N)C(=O)N[C@@H](CCC)c2ccccc2)n1. The van der Waals surface area contributed by atoms with Crippen LogP contribution in [0, 0.1) is 11.3 Å². The summed E-state index contributed by atoms with van der Waals surface area (Å²) in [4.78, 5) is 16.5. The lowest BCUT2D eigenvalue weighted by atomic mass is 10.0. The zero-order chi connectivity index (χ0) is 17.4. The molecule has 0 spiro atoms. The second-order valence-corrected chi connectivity index (χ2v) is 5.38. The van der Waals surface area contributed by atoms with E-state index in [4.69, 9.17) is 7.85 Å². The van der Waals surface area contributed by atoms with Gasteiger partial charge in [-0.15, -0.1) is 0 Å². The molecule has 0 unspecified atom stereocenters. The Morgan fingerprint density at radius 1 is 1.29 bits per heavy atom. The first-order valence-electron chi connectivity index (χ1n) is 7.84. The Labute approximate surface area is 143 Å². The van der Waals surface area contributed by atoms with E-state index in [2.05, 4.69) is 17.2 Å². The Hall–Kier alpha value is -2.87. The van der Waals surface area contributed by atoms with Crippen molar-refractivity contribution in [3.05, 3.63) is 65.4 Å². The summed E-state index contributed by atoms with van der Waals surface area (Å²) in [5.74, 6) is -0.413. The molecule has 2 aromatic rings. The van der Waals surface area contributed by atoms with Crippen molar-refractivity contribution >= 4 is 25.4 Å². The molecule has 1 aromatic carbocycles. The highest BCUT2D eigenvalue weighted by Crippen LogP contribution is 2.18. The van der Waals surface area contributed by atoms with Crippen molar-refractivity contribution < 1.29 is 4.79 Å². The van der Waals surface area contributed by atoms with Gasteiger partial charge in [0.1, 0.15) is 19.5 Å². The normalized spacial score (nSPS) is 12.2. The molecule has 118 valence electrons. The second-order valence-electron chi connectivity index (χ2n) is 5.38. The largest absolute Gasteiger partial charge is 0.345 e. The van der Waals surface area contributed by atoms with Crippen LogP contribution in [0.2, 0.25) is 0 Å². The number of aromatic nitrogens is 1. The highest BCUT2D eigenvalue weighted by Gasteiger charge is 2.16. The summed E-state index contributed by atoms with van der Waals surface area (Å²) in [5.41, 5.74) is 1.85. The highest BCUT2D eigenvalue weighted by molar-refractivity contribution is 6.30. The Morgan fingerprint density at radius 3 is 2.67 bits per heavy atom. The van der Waals surface area contributed by atoms with Gasteiger partial charge in [0, 0.05) is 0 Å². The number of benzene rings is 1. The molecule has 2 rings (SSSR count). The topological polar surface area (TPSA) is 65.8 Å². The lowest BCUT2D eigenvalue weighted by Crippen LogP contribution is -2.29. The van der Waals surface area contributed by atoms with Crippen LogP contribution in [0.5, 0.6) is 0 Å². The van der Waals surface area contributed by atoms with E-state index in [1.54, 1.807) is 18.2 Å². The maximum absolute atomic E-state index is 12.5. The first-order valence-corrected chi connectivity index (χ1v) is 7.84. The number of carbonyl (C=O) groups is 1. The third-order valence-electron chi connectivity index (χ3n) is 3.53. The summed E-state index contributed by atoms with van der Waals surface area (Å²) in [6, 6.07) is 16.6. The number of hydrogen-bond acceptors (Lipinski definition) is 3. The minimum absolute atomic E-state index is 0.00475.